The van der Waals surface area contributed by atoms with Crippen LogP contribution in [0.4, 0.5) is 0 Å². The molecule has 0 saturated carbocycles. The maximum absolute atomic E-state index is 12.9. The number of nitriles is 1. The van der Waals surface area contributed by atoms with Crippen LogP contribution in [0.1, 0.15) is 16.1 Å². The summed E-state index contributed by atoms with van der Waals surface area (Å²) in [5, 5.41) is 15.1. The monoisotopic (exact) mass is 542 g/mol. The zero-order valence-corrected chi connectivity index (χ0v) is 22.3. The Labute approximate surface area is 234 Å². The van der Waals surface area contributed by atoms with E-state index in [9.17, 15) is 10.1 Å². The second kappa shape index (κ2) is 10.9. The van der Waals surface area contributed by atoms with Crippen molar-refractivity contribution >= 4 is 44.7 Å². The predicted octanol–water partition coefficient (Wildman–Crippen LogP) is 7.72. The van der Waals surface area contributed by atoms with Gasteiger partial charge in [0, 0.05) is 10.8 Å². The summed E-state index contributed by atoms with van der Waals surface area (Å²) in [6, 6.07) is 31.1. The Morgan fingerprint density at radius 3 is 2.62 bits per heavy atom. The van der Waals surface area contributed by atoms with Gasteiger partial charge in [0.15, 0.2) is 11.5 Å². The third-order valence-electron chi connectivity index (χ3n) is 6.51. The molecule has 0 aliphatic carbocycles. The summed E-state index contributed by atoms with van der Waals surface area (Å²) in [5.41, 5.74) is 3.02. The number of rotatable bonds is 7. The lowest BCUT2D eigenvalue weighted by Crippen LogP contribution is -2.03. The maximum atomic E-state index is 12.9. The van der Waals surface area contributed by atoms with Crippen molar-refractivity contribution in [3.8, 4) is 28.8 Å². The van der Waals surface area contributed by atoms with Crippen LogP contribution < -0.4 is 15.1 Å². The molecular formula is C33H22N2O4S. The summed E-state index contributed by atoms with van der Waals surface area (Å²) < 4.78 is 17.1. The van der Waals surface area contributed by atoms with Gasteiger partial charge in [0.05, 0.1) is 23.9 Å². The number of aromatic nitrogens is 1. The van der Waals surface area contributed by atoms with E-state index in [0.29, 0.717) is 45.5 Å². The van der Waals surface area contributed by atoms with E-state index in [0.717, 1.165) is 27.3 Å². The van der Waals surface area contributed by atoms with Crippen LogP contribution in [0.5, 0.6) is 11.5 Å². The molecule has 7 heteroatoms. The Morgan fingerprint density at radius 2 is 1.80 bits per heavy atom. The fourth-order valence-electron chi connectivity index (χ4n) is 4.51. The van der Waals surface area contributed by atoms with Crippen LogP contribution in [0.25, 0.3) is 44.6 Å². The fourth-order valence-corrected chi connectivity index (χ4v) is 5.30. The van der Waals surface area contributed by atoms with E-state index >= 15 is 0 Å². The lowest BCUT2D eigenvalue weighted by atomic mass is 10.0. The molecule has 0 radical (unpaired) electrons. The van der Waals surface area contributed by atoms with Crippen LogP contribution in [0.3, 0.4) is 0 Å². The molecule has 6 rings (SSSR count). The smallest absolute Gasteiger partial charge is 0.345 e. The van der Waals surface area contributed by atoms with Crippen molar-refractivity contribution in [1.29, 1.82) is 5.26 Å². The molecule has 0 fully saturated rings. The largest absolute Gasteiger partial charge is 0.493 e. The predicted molar refractivity (Wildman–Crippen MR) is 158 cm³/mol. The first kappa shape index (κ1) is 25.1. The van der Waals surface area contributed by atoms with Crippen LogP contribution >= 0.6 is 11.3 Å². The summed E-state index contributed by atoms with van der Waals surface area (Å²) in [7, 11) is 1.59. The van der Waals surface area contributed by atoms with Crippen molar-refractivity contribution in [3.63, 3.8) is 0 Å². The van der Waals surface area contributed by atoms with Gasteiger partial charge >= 0.3 is 5.63 Å². The van der Waals surface area contributed by atoms with Gasteiger partial charge in [-0.2, -0.15) is 5.26 Å². The Hall–Kier alpha value is -5.19. The number of methoxy groups -OCH3 is 1. The first-order valence-electron chi connectivity index (χ1n) is 12.5. The van der Waals surface area contributed by atoms with Gasteiger partial charge in [0.1, 0.15) is 23.3 Å². The first-order chi connectivity index (χ1) is 19.6. The van der Waals surface area contributed by atoms with Gasteiger partial charge in [0.25, 0.3) is 0 Å². The fraction of sp³-hybridized carbons (Fsp3) is 0.0606. The van der Waals surface area contributed by atoms with Gasteiger partial charge in [-0.3, -0.25) is 0 Å². The molecule has 2 aromatic heterocycles. The molecule has 40 heavy (non-hydrogen) atoms. The molecule has 0 atom stereocenters. The summed E-state index contributed by atoms with van der Waals surface area (Å²) in [5.74, 6) is 1.16. The molecule has 0 amide bonds. The molecule has 0 unspecified atom stereocenters. The third kappa shape index (κ3) is 4.96. The van der Waals surface area contributed by atoms with Crippen molar-refractivity contribution in [1.82, 2.24) is 4.98 Å². The molecule has 0 bridgehead atoms. The summed E-state index contributed by atoms with van der Waals surface area (Å²) in [6.07, 6.45) is 1.74. The van der Waals surface area contributed by atoms with E-state index in [4.69, 9.17) is 13.9 Å². The Kier molecular flexibility index (Phi) is 6.84. The highest BCUT2D eigenvalue weighted by Crippen LogP contribution is 2.33. The molecule has 6 aromatic rings. The lowest BCUT2D eigenvalue weighted by molar-refractivity contribution is 0.284. The number of allylic oxidation sites excluding steroid dienone is 1. The standard InChI is InChI=1S/C33H22N2O4S/c1-37-30-13-11-22(16-31(30)38-19-21-7-3-2-4-8-21)15-24(18-34)32-35-28(20-40-32)27-17-26-25-10-6-5-9-23(25)12-14-29(26)39-33(27)36/h2-17,20H,19H2,1H3. The van der Waals surface area contributed by atoms with Crippen molar-refractivity contribution in [2.24, 2.45) is 0 Å². The van der Waals surface area contributed by atoms with Gasteiger partial charge in [-0.15, -0.1) is 11.3 Å². The highest BCUT2D eigenvalue weighted by molar-refractivity contribution is 7.11. The normalized spacial score (nSPS) is 11.4. The maximum Gasteiger partial charge on any atom is 0.345 e. The summed E-state index contributed by atoms with van der Waals surface area (Å²) in [4.78, 5) is 17.5. The average Bonchev–Trinajstić information content (AvgIpc) is 3.49. The minimum absolute atomic E-state index is 0.352. The van der Waals surface area contributed by atoms with Crippen LogP contribution in [0.2, 0.25) is 0 Å². The summed E-state index contributed by atoms with van der Waals surface area (Å²) in [6.45, 7) is 0.384. The number of thiazole rings is 1. The quantitative estimate of drug-likeness (QED) is 0.117. The molecule has 194 valence electrons. The van der Waals surface area contributed by atoms with Gasteiger partial charge in [-0.05, 0) is 52.2 Å². The van der Waals surface area contributed by atoms with E-state index in [-0.39, 0.29) is 0 Å². The highest BCUT2D eigenvalue weighted by atomic mass is 32.1. The van der Waals surface area contributed by atoms with Gasteiger partial charge in [0.2, 0.25) is 0 Å². The van der Waals surface area contributed by atoms with E-state index < -0.39 is 5.63 Å². The molecule has 0 saturated heterocycles. The zero-order valence-electron chi connectivity index (χ0n) is 21.5. The summed E-state index contributed by atoms with van der Waals surface area (Å²) >= 11 is 1.30. The Bertz CT molecular complexity index is 1980. The minimum Gasteiger partial charge on any atom is -0.493 e. The Morgan fingerprint density at radius 1 is 0.975 bits per heavy atom. The van der Waals surface area contributed by atoms with Crippen LogP contribution in [0.15, 0.2) is 106 Å². The van der Waals surface area contributed by atoms with Crippen molar-refractivity contribution in [2.75, 3.05) is 7.11 Å². The Balaban J connectivity index is 1.33. The lowest BCUT2D eigenvalue weighted by Gasteiger charge is -2.11. The average molecular weight is 543 g/mol. The first-order valence-corrected chi connectivity index (χ1v) is 13.4. The molecular weight excluding hydrogens is 520 g/mol. The molecule has 4 aromatic carbocycles. The SMILES string of the molecule is COc1ccc(C=C(C#N)c2nc(-c3cc4c(ccc5ccccc54)oc3=O)cs2)cc1OCc1ccccc1. The third-order valence-corrected chi connectivity index (χ3v) is 7.38. The van der Waals surface area contributed by atoms with Gasteiger partial charge in [-0.1, -0.05) is 66.7 Å². The second-order valence-corrected chi connectivity index (χ2v) is 9.90. The van der Waals surface area contributed by atoms with Crippen LogP contribution in [-0.2, 0) is 6.61 Å². The molecule has 0 aliphatic heterocycles. The second-order valence-electron chi connectivity index (χ2n) is 9.04. The number of fused-ring (bicyclic) bond motifs is 3. The molecule has 6 nitrogen and oxygen atoms in total. The van der Waals surface area contributed by atoms with E-state index in [2.05, 4.69) is 11.1 Å². The van der Waals surface area contributed by atoms with E-state index in [1.165, 1.54) is 11.3 Å². The molecule has 0 spiro atoms. The van der Waals surface area contributed by atoms with Crippen molar-refractivity contribution < 1.29 is 13.9 Å². The van der Waals surface area contributed by atoms with Crippen LogP contribution in [0, 0.1) is 11.3 Å². The van der Waals surface area contributed by atoms with E-state index in [1.807, 2.05) is 78.9 Å². The highest BCUT2D eigenvalue weighted by Gasteiger charge is 2.15. The molecule has 0 aliphatic rings. The minimum atomic E-state index is -0.475. The molecule has 0 N–H and O–H groups in total. The van der Waals surface area contributed by atoms with Crippen LogP contribution in [-0.4, -0.2) is 12.1 Å². The van der Waals surface area contributed by atoms with Gasteiger partial charge < -0.3 is 13.9 Å². The number of hydrogen-bond acceptors (Lipinski definition) is 7. The number of nitrogens with zero attached hydrogens (tertiary/aromatic N) is 2. The van der Waals surface area contributed by atoms with Gasteiger partial charge in [-0.25, -0.2) is 9.78 Å². The topological polar surface area (TPSA) is 85.4 Å². The van der Waals surface area contributed by atoms with Crippen molar-refractivity contribution in [2.45, 2.75) is 6.61 Å². The zero-order chi connectivity index (χ0) is 27.5. The number of benzene rings is 4. The van der Waals surface area contributed by atoms with Crippen molar-refractivity contribution in [3.05, 3.63) is 123 Å². The van der Waals surface area contributed by atoms with E-state index in [1.54, 1.807) is 30.7 Å². The molecule has 2 heterocycles. The number of hydrogen-bond donors (Lipinski definition) is 0. The number of ether oxygens (including phenoxy) is 2.